The number of anilines is 1. The van der Waals surface area contributed by atoms with Crippen LogP contribution in [0.1, 0.15) is 35.3 Å². The van der Waals surface area contributed by atoms with Gasteiger partial charge in [0.1, 0.15) is 0 Å². The van der Waals surface area contributed by atoms with Crippen LogP contribution in [-0.4, -0.2) is 42.2 Å². The molecule has 0 unspecified atom stereocenters. The van der Waals surface area contributed by atoms with Gasteiger partial charge in [-0.1, -0.05) is 13.8 Å². The highest BCUT2D eigenvalue weighted by Gasteiger charge is 2.30. The van der Waals surface area contributed by atoms with Gasteiger partial charge < -0.3 is 9.80 Å². The fourth-order valence-electron chi connectivity index (χ4n) is 3.32. The van der Waals surface area contributed by atoms with Crippen LogP contribution < -0.4 is 4.90 Å². The van der Waals surface area contributed by atoms with Crippen LogP contribution in [0.3, 0.4) is 0 Å². The Kier molecular flexibility index (Phi) is 6.61. The predicted octanol–water partition coefficient (Wildman–Crippen LogP) is 5.04. The summed E-state index contributed by atoms with van der Waals surface area (Å²) in [5.41, 5.74) is 0.996. The molecule has 0 aliphatic carbocycles. The molecule has 1 amide bonds. The summed E-state index contributed by atoms with van der Waals surface area (Å²) in [4.78, 5) is 17.7. The molecule has 1 heterocycles. The quantitative estimate of drug-likeness (QED) is 0.634. The van der Waals surface area contributed by atoms with Crippen molar-refractivity contribution in [1.82, 2.24) is 4.90 Å². The summed E-state index contributed by atoms with van der Waals surface area (Å²) in [6, 6.07) is 12.3. The third-order valence-electron chi connectivity index (χ3n) is 4.83. The summed E-state index contributed by atoms with van der Waals surface area (Å²) < 4.78 is 38.2. The predicted molar refractivity (Wildman–Crippen MR) is 112 cm³/mol. The zero-order valence-electron chi connectivity index (χ0n) is 16.7. The van der Waals surface area contributed by atoms with E-state index in [4.69, 9.17) is 0 Å². The Bertz CT molecular complexity index is 944. The van der Waals surface area contributed by atoms with Gasteiger partial charge in [-0.15, -0.1) is 11.8 Å². The number of piperazine rings is 1. The molecule has 0 radical (unpaired) electrons. The van der Waals surface area contributed by atoms with Crippen LogP contribution in [0.4, 0.5) is 18.9 Å². The molecule has 0 aromatic heterocycles. The number of thioether (sulfide) groups is 1. The summed E-state index contributed by atoms with van der Waals surface area (Å²) >= 11 is 1.58. The molecular formula is C22H22F3N3OS. The van der Waals surface area contributed by atoms with Gasteiger partial charge in [-0.2, -0.15) is 18.4 Å². The Morgan fingerprint density at radius 1 is 1.07 bits per heavy atom. The van der Waals surface area contributed by atoms with Gasteiger partial charge in [0.05, 0.1) is 22.8 Å². The normalized spacial score (nSPS) is 14.7. The fourth-order valence-corrected chi connectivity index (χ4v) is 4.25. The molecule has 2 aromatic rings. The number of halogens is 3. The van der Waals surface area contributed by atoms with Gasteiger partial charge in [0.15, 0.2) is 0 Å². The lowest BCUT2D eigenvalue weighted by Crippen LogP contribution is -2.49. The van der Waals surface area contributed by atoms with Crippen molar-refractivity contribution in [3.8, 4) is 6.07 Å². The molecule has 0 spiro atoms. The summed E-state index contributed by atoms with van der Waals surface area (Å²) in [6.45, 7) is 6.06. The first-order valence-electron chi connectivity index (χ1n) is 9.61. The van der Waals surface area contributed by atoms with Gasteiger partial charge in [0, 0.05) is 42.0 Å². The lowest BCUT2D eigenvalue weighted by atomic mass is 10.1. The molecule has 0 saturated carbocycles. The van der Waals surface area contributed by atoms with Crippen LogP contribution >= 0.6 is 11.8 Å². The van der Waals surface area contributed by atoms with Crippen molar-refractivity contribution in [3.05, 3.63) is 59.2 Å². The number of nitrogens with zero attached hydrogens (tertiary/aromatic N) is 3. The van der Waals surface area contributed by atoms with E-state index >= 15 is 0 Å². The van der Waals surface area contributed by atoms with Crippen molar-refractivity contribution >= 4 is 23.4 Å². The molecule has 30 heavy (non-hydrogen) atoms. The fraction of sp³-hybridized carbons (Fsp3) is 0.364. The second-order valence-corrected chi connectivity index (χ2v) is 8.93. The average molecular weight is 433 g/mol. The van der Waals surface area contributed by atoms with Gasteiger partial charge >= 0.3 is 6.18 Å². The highest BCUT2D eigenvalue weighted by molar-refractivity contribution is 8.00. The summed E-state index contributed by atoms with van der Waals surface area (Å²) in [6.07, 6.45) is -4.35. The topological polar surface area (TPSA) is 47.3 Å². The van der Waals surface area contributed by atoms with Gasteiger partial charge in [-0.05, 0) is 42.5 Å². The maximum Gasteiger partial charge on any atom is 0.416 e. The van der Waals surface area contributed by atoms with E-state index < -0.39 is 11.7 Å². The van der Waals surface area contributed by atoms with E-state index in [1.54, 1.807) is 28.8 Å². The molecule has 8 heteroatoms. The van der Waals surface area contributed by atoms with Crippen LogP contribution in [0.5, 0.6) is 0 Å². The summed E-state index contributed by atoms with van der Waals surface area (Å²) in [5, 5.41) is 9.49. The Hall–Kier alpha value is -2.66. The Morgan fingerprint density at radius 3 is 2.23 bits per heavy atom. The third-order valence-corrected chi connectivity index (χ3v) is 5.91. The van der Waals surface area contributed by atoms with Crippen molar-refractivity contribution in [1.29, 1.82) is 5.26 Å². The molecule has 3 rings (SSSR count). The first-order chi connectivity index (χ1) is 14.2. The minimum Gasteiger partial charge on any atom is -0.368 e. The van der Waals surface area contributed by atoms with Crippen molar-refractivity contribution in [2.75, 3.05) is 31.1 Å². The molecule has 1 aliphatic rings. The third kappa shape index (κ3) is 5.08. The smallest absolute Gasteiger partial charge is 0.368 e. The number of nitriles is 1. The monoisotopic (exact) mass is 433 g/mol. The van der Waals surface area contributed by atoms with Gasteiger partial charge in [0.2, 0.25) is 0 Å². The molecule has 1 saturated heterocycles. The van der Waals surface area contributed by atoms with E-state index in [9.17, 15) is 23.2 Å². The summed E-state index contributed by atoms with van der Waals surface area (Å²) in [7, 11) is 0. The summed E-state index contributed by atoms with van der Waals surface area (Å²) in [5.74, 6) is -0.123. The van der Waals surface area contributed by atoms with E-state index in [0.717, 1.165) is 17.0 Å². The van der Waals surface area contributed by atoms with Gasteiger partial charge in [-0.25, -0.2) is 0 Å². The Balaban J connectivity index is 1.71. The van der Waals surface area contributed by atoms with E-state index in [-0.39, 0.29) is 5.91 Å². The van der Waals surface area contributed by atoms with E-state index in [0.29, 0.717) is 48.2 Å². The number of carbonyl (C=O) groups excluding carboxylic acids is 1. The standard InChI is InChI=1S/C22H22F3N3OS/c1-15(2)30-20-8-3-16(14-26)13-19(20)21(29)28-11-9-27(10-12-28)18-6-4-17(5-7-18)22(23,24)25/h3-8,13,15H,9-12H2,1-2H3. The highest BCUT2D eigenvalue weighted by Crippen LogP contribution is 2.31. The number of rotatable bonds is 4. The molecule has 0 bridgehead atoms. The van der Waals surface area contributed by atoms with Crippen LogP contribution in [-0.2, 0) is 6.18 Å². The van der Waals surface area contributed by atoms with Crippen LogP contribution in [0, 0.1) is 11.3 Å². The molecule has 1 fully saturated rings. The van der Waals surface area contributed by atoms with Crippen LogP contribution in [0.2, 0.25) is 0 Å². The van der Waals surface area contributed by atoms with Crippen LogP contribution in [0.15, 0.2) is 47.4 Å². The maximum absolute atomic E-state index is 13.1. The highest BCUT2D eigenvalue weighted by atomic mass is 32.2. The molecule has 0 N–H and O–H groups in total. The number of benzene rings is 2. The van der Waals surface area contributed by atoms with Crippen molar-refractivity contribution < 1.29 is 18.0 Å². The number of hydrogen-bond donors (Lipinski definition) is 0. The first kappa shape index (κ1) is 22.0. The van der Waals surface area contributed by atoms with Gasteiger partial charge in [-0.3, -0.25) is 4.79 Å². The molecule has 1 aliphatic heterocycles. The zero-order chi connectivity index (χ0) is 21.9. The second-order valence-electron chi connectivity index (χ2n) is 7.31. The molecule has 158 valence electrons. The lowest BCUT2D eigenvalue weighted by molar-refractivity contribution is -0.137. The second kappa shape index (κ2) is 9.00. The van der Waals surface area contributed by atoms with Crippen molar-refractivity contribution in [2.45, 2.75) is 30.2 Å². The van der Waals surface area contributed by atoms with E-state index in [1.807, 2.05) is 24.8 Å². The number of alkyl halides is 3. The average Bonchev–Trinajstić information content (AvgIpc) is 2.73. The number of carbonyl (C=O) groups is 1. The molecule has 0 atom stereocenters. The van der Waals surface area contributed by atoms with E-state index in [2.05, 4.69) is 6.07 Å². The first-order valence-corrected chi connectivity index (χ1v) is 10.5. The van der Waals surface area contributed by atoms with Crippen molar-refractivity contribution in [3.63, 3.8) is 0 Å². The number of hydrogen-bond acceptors (Lipinski definition) is 4. The molecule has 4 nitrogen and oxygen atoms in total. The lowest BCUT2D eigenvalue weighted by Gasteiger charge is -2.36. The maximum atomic E-state index is 13.1. The molecule has 2 aromatic carbocycles. The van der Waals surface area contributed by atoms with Crippen LogP contribution in [0.25, 0.3) is 0 Å². The molecular weight excluding hydrogens is 411 g/mol. The zero-order valence-corrected chi connectivity index (χ0v) is 17.6. The largest absolute Gasteiger partial charge is 0.416 e. The SMILES string of the molecule is CC(C)Sc1ccc(C#N)cc1C(=O)N1CCN(c2ccc(C(F)(F)F)cc2)CC1. The van der Waals surface area contributed by atoms with E-state index in [1.165, 1.54) is 12.1 Å². The van der Waals surface area contributed by atoms with Gasteiger partial charge in [0.25, 0.3) is 5.91 Å². The minimum absolute atomic E-state index is 0.123. The number of amides is 1. The van der Waals surface area contributed by atoms with Crippen molar-refractivity contribution in [2.24, 2.45) is 0 Å². The Labute approximate surface area is 178 Å². The minimum atomic E-state index is -4.35. The Morgan fingerprint density at radius 2 is 1.70 bits per heavy atom.